The zero-order valence-corrected chi connectivity index (χ0v) is 21.5. The molecule has 39 heavy (non-hydrogen) atoms. The molecule has 2 N–H and O–H groups in total. The van der Waals surface area contributed by atoms with Crippen molar-refractivity contribution in [3.05, 3.63) is 82.2 Å². The van der Waals surface area contributed by atoms with Crippen LogP contribution in [-0.2, 0) is 11.3 Å². The van der Waals surface area contributed by atoms with Crippen molar-refractivity contribution in [2.75, 3.05) is 10.7 Å². The van der Waals surface area contributed by atoms with Crippen molar-refractivity contribution < 1.29 is 18.1 Å². The van der Waals surface area contributed by atoms with Gasteiger partial charge in [0.2, 0.25) is 17.7 Å². The Kier molecular flexibility index (Phi) is 6.96. The summed E-state index contributed by atoms with van der Waals surface area (Å²) in [6.07, 6.45) is -0.337. The van der Waals surface area contributed by atoms with E-state index in [1.165, 1.54) is 16.8 Å². The molecular formula is C27H20ClF2N7O2. The number of aryl methyl sites for hydroxylation is 2. The van der Waals surface area contributed by atoms with Gasteiger partial charge in [0, 0.05) is 24.1 Å². The maximum atomic E-state index is 15.3. The second-order valence-electron chi connectivity index (χ2n) is 8.74. The summed E-state index contributed by atoms with van der Waals surface area (Å²) in [5, 5.41) is 15.8. The van der Waals surface area contributed by atoms with Crippen LogP contribution < -0.4 is 10.7 Å². The number of hydrogen-bond donors (Lipinski definition) is 2. The zero-order chi connectivity index (χ0) is 27.7. The quantitative estimate of drug-likeness (QED) is 0.260. The molecule has 0 unspecified atom stereocenters. The first kappa shape index (κ1) is 25.8. The number of amides is 1. The Balaban J connectivity index is 1.46. The SMILES string of the molecule is Cc1ccc2c(c1)nc(NCc1ccc(-c3cc(Cl)cc(F)c3-c3noc(C)n3)cc1F)n2NC(=O)CC#N. The zero-order valence-electron chi connectivity index (χ0n) is 20.7. The number of carbonyl (C=O) groups excluding carboxylic acids is 1. The van der Waals surface area contributed by atoms with Gasteiger partial charge in [-0.05, 0) is 53.9 Å². The summed E-state index contributed by atoms with van der Waals surface area (Å²) in [5.74, 6) is -1.22. The third-order valence-corrected chi connectivity index (χ3v) is 6.11. The smallest absolute Gasteiger partial charge is 0.253 e. The van der Waals surface area contributed by atoms with E-state index in [0.717, 1.165) is 11.6 Å². The molecule has 2 aromatic heterocycles. The van der Waals surface area contributed by atoms with Crippen LogP contribution in [0.15, 0.2) is 53.1 Å². The van der Waals surface area contributed by atoms with Crippen molar-refractivity contribution in [3.63, 3.8) is 0 Å². The molecule has 0 saturated heterocycles. The lowest BCUT2D eigenvalue weighted by atomic mass is 9.97. The van der Waals surface area contributed by atoms with Gasteiger partial charge in [-0.25, -0.2) is 18.4 Å². The number of nitriles is 1. The Morgan fingerprint density at radius 3 is 2.64 bits per heavy atom. The van der Waals surface area contributed by atoms with Crippen LogP contribution in [0.1, 0.15) is 23.4 Å². The lowest BCUT2D eigenvalue weighted by molar-refractivity contribution is -0.116. The van der Waals surface area contributed by atoms with E-state index < -0.39 is 17.5 Å². The van der Waals surface area contributed by atoms with Crippen molar-refractivity contribution in [1.29, 1.82) is 5.26 Å². The molecule has 9 nitrogen and oxygen atoms in total. The Hall–Kier alpha value is -4.82. The number of aromatic nitrogens is 4. The minimum absolute atomic E-state index is 0.0172. The first-order valence-corrected chi connectivity index (χ1v) is 12.1. The molecule has 0 saturated carbocycles. The fraction of sp³-hybridized carbons (Fsp3) is 0.148. The van der Waals surface area contributed by atoms with E-state index in [4.69, 9.17) is 21.4 Å². The molecule has 0 aliphatic heterocycles. The first-order chi connectivity index (χ1) is 18.7. The van der Waals surface area contributed by atoms with E-state index in [-0.39, 0.29) is 46.8 Å². The van der Waals surface area contributed by atoms with E-state index >= 15 is 4.39 Å². The molecule has 3 aromatic carbocycles. The fourth-order valence-electron chi connectivity index (χ4n) is 4.12. The van der Waals surface area contributed by atoms with Crippen molar-refractivity contribution in [1.82, 2.24) is 19.8 Å². The van der Waals surface area contributed by atoms with E-state index in [9.17, 15) is 9.18 Å². The Labute approximate surface area is 226 Å². The molecule has 0 radical (unpaired) electrons. The molecule has 2 heterocycles. The van der Waals surface area contributed by atoms with Gasteiger partial charge in [0.15, 0.2) is 0 Å². The number of fused-ring (bicyclic) bond motifs is 1. The number of hydrogen-bond acceptors (Lipinski definition) is 7. The minimum Gasteiger partial charge on any atom is -0.350 e. The number of halogens is 3. The number of nitrogens with one attached hydrogen (secondary N) is 2. The molecule has 1 amide bonds. The highest BCUT2D eigenvalue weighted by Crippen LogP contribution is 2.36. The van der Waals surface area contributed by atoms with Crippen molar-refractivity contribution in [2.24, 2.45) is 0 Å². The van der Waals surface area contributed by atoms with Gasteiger partial charge in [0.1, 0.15) is 18.1 Å². The maximum Gasteiger partial charge on any atom is 0.253 e. The molecule has 5 aromatic rings. The van der Waals surface area contributed by atoms with Gasteiger partial charge in [-0.15, -0.1) is 0 Å². The van der Waals surface area contributed by atoms with Crippen LogP contribution in [0.3, 0.4) is 0 Å². The normalized spacial score (nSPS) is 11.0. The summed E-state index contributed by atoms with van der Waals surface area (Å²) in [5.41, 5.74) is 5.82. The fourth-order valence-corrected chi connectivity index (χ4v) is 4.32. The van der Waals surface area contributed by atoms with Crippen LogP contribution in [0.25, 0.3) is 33.5 Å². The molecule has 0 fully saturated rings. The summed E-state index contributed by atoms with van der Waals surface area (Å²) < 4.78 is 36.6. The average molecular weight is 548 g/mol. The standard InChI is InChI=1S/C27H20ClF2N7O2/c1-14-3-6-23-22(9-14)34-27(37(23)35-24(38)7-8-31)32-13-17-5-4-16(10-20(17)29)19-11-18(28)12-21(30)25(19)26-33-15(2)39-36-26/h3-6,9-12H,7,13H2,1-2H3,(H,32,34)(H,35,38). The van der Waals surface area contributed by atoms with Crippen LogP contribution in [0.2, 0.25) is 5.02 Å². The second kappa shape index (κ2) is 10.5. The van der Waals surface area contributed by atoms with E-state index in [1.54, 1.807) is 31.2 Å². The number of imidazole rings is 1. The molecular weight excluding hydrogens is 528 g/mol. The Bertz CT molecular complexity index is 1770. The van der Waals surface area contributed by atoms with Gasteiger partial charge in [0.05, 0.1) is 22.7 Å². The van der Waals surface area contributed by atoms with Gasteiger partial charge in [0.25, 0.3) is 5.91 Å². The monoisotopic (exact) mass is 547 g/mol. The van der Waals surface area contributed by atoms with Crippen LogP contribution in [0.5, 0.6) is 0 Å². The van der Waals surface area contributed by atoms with Crippen LogP contribution in [0.4, 0.5) is 14.7 Å². The Morgan fingerprint density at radius 1 is 1.10 bits per heavy atom. The van der Waals surface area contributed by atoms with Crippen LogP contribution in [0, 0.1) is 36.8 Å². The lowest BCUT2D eigenvalue weighted by Gasteiger charge is -2.13. The number of carbonyl (C=O) groups is 1. The van der Waals surface area contributed by atoms with E-state index in [2.05, 4.69) is 25.9 Å². The molecule has 196 valence electrons. The highest BCUT2D eigenvalue weighted by atomic mass is 35.5. The van der Waals surface area contributed by atoms with Gasteiger partial charge in [-0.2, -0.15) is 10.2 Å². The van der Waals surface area contributed by atoms with Gasteiger partial charge in [-0.3, -0.25) is 10.2 Å². The summed E-state index contributed by atoms with van der Waals surface area (Å²) >= 11 is 6.10. The molecule has 0 aliphatic carbocycles. The summed E-state index contributed by atoms with van der Waals surface area (Å²) in [7, 11) is 0. The van der Waals surface area contributed by atoms with Crippen molar-refractivity contribution in [3.8, 4) is 28.6 Å². The van der Waals surface area contributed by atoms with Crippen molar-refractivity contribution >= 4 is 34.5 Å². The van der Waals surface area contributed by atoms with Crippen LogP contribution in [-0.4, -0.2) is 25.7 Å². The maximum absolute atomic E-state index is 15.3. The van der Waals surface area contributed by atoms with E-state index in [0.29, 0.717) is 22.2 Å². The average Bonchev–Trinajstić information content (AvgIpc) is 3.45. The predicted molar refractivity (Wildman–Crippen MR) is 141 cm³/mol. The second-order valence-corrected chi connectivity index (χ2v) is 9.18. The molecule has 0 spiro atoms. The number of nitrogens with zero attached hydrogens (tertiary/aromatic N) is 5. The van der Waals surface area contributed by atoms with Crippen molar-refractivity contribution in [2.45, 2.75) is 26.8 Å². The summed E-state index contributed by atoms with van der Waals surface area (Å²) in [6.45, 7) is 3.51. The number of rotatable bonds is 7. The minimum atomic E-state index is -0.669. The number of benzene rings is 3. The molecule has 0 bridgehead atoms. The summed E-state index contributed by atoms with van der Waals surface area (Å²) in [4.78, 5) is 20.8. The van der Waals surface area contributed by atoms with Gasteiger partial charge in [-0.1, -0.05) is 35.0 Å². The highest BCUT2D eigenvalue weighted by Gasteiger charge is 2.20. The third-order valence-electron chi connectivity index (χ3n) is 5.89. The molecule has 12 heteroatoms. The highest BCUT2D eigenvalue weighted by molar-refractivity contribution is 6.31. The number of anilines is 1. The lowest BCUT2D eigenvalue weighted by Crippen LogP contribution is -2.24. The largest absolute Gasteiger partial charge is 0.350 e. The molecule has 0 atom stereocenters. The predicted octanol–water partition coefficient (Wildman–Crippen LogP) is 5.90. The third kappa shape index (κ3) is 5.28. The summed E-state index contributed by atoms with van der Waals surface area (Å²) in [6, 6.07) is 14.4. The van der Waals surface area contributed by atoms with Crippen LogP contribution >= 0.6 is 11.6 Å². The van der Waals surface area contributed by atoms with E-state index in [1.807, 2.05) is 19.1 Å². The van der Waals surface area contributed by atoms with Gasteiger partial charge >= 0.3 is 0 Å². The topological polar surface area (TPSA) is 122 Å². The molecule has 0 aliphatic rings. The Morgan fingerprint density at radius 2 is 1.92 bits per heavy atom. The molecule has 5 rings (SSSR count). The first-order valence-electron chi connectivity index (χ1n) is 11.7. The van der Waals surface area contributed by atoms with Gasteiger partial charge < -0.3 is 9.84 Å².